The van der Waals surface area contributed by atoms with Crippen LogP contribution in [-0.4, -0.2) is 66.0 Å². The van der Waals surface area contributed by atoms with Gasteiger partial charge in [-0.3, -0.25) is 0 Å². The van der Waals surface area contributed by atoms with Crippen LogP contribution in [0.2, 0.25) is 1.02 Å². The Morgan fingerprint density at radius 2 is 1.46 bits per heavy atom. The van der Waals surface area contributed by atoms with Crippen LogP contribution in [0.25, 0.3) is 0 Å². The summed E-state index contributed by atoms with van der Waals surface area (Å²) in [5.41, 5.74) is 0. The van der Waals surface area contributed by atoms with Crippen LogP contribution in [0.1, 0.15) is 0 Å². The van der Waals surface area contributed by atoms with Gasteiger partial charge in [-0.2, -0.15) is 0 Å². The molecule has 0 fully saturated rings. The molecule has 0 aromatic heterocycles. The minimum Gasteiger partial charge on any atom is 1.00 e. The normalized spacial score (nSPS) is 5.46. The van der Waals surface area contributed by atoms with Crippen molar-refractivity contribution < 1.29 is 71.2 Å². The molecule has 0 radical (unpaired) electrons. The molecule has 13 heavy (non-hydrogen) atoms. The van der Waals surface area contributed by atoms with Gasteiger partial charge in [-0.05, 0) is 6.08 Å². The quantitative estimate of drug-likeness (QED) is 0.397. The van der Waals surface area contributed by atoms with Crippen LogP contribution in [-0.2, 0) is 9.59 Å². The van der Waals surface area contributed by atoms with Gasteiger partial charge in [0.1, 0.15) is 0 Å². The Labute approximate surface area is 154 Å². The van der Waals surface area contributed by atoms with Crippen molar-refractivity contribution in [3.05, 3.63) is 25.3 Å². The molecular formula is C7H10K2O4. The Hall–Kier alpha value is 1.69. The van der Waals surface area contributed by atoms with Gasteiger partial charge in [-0.25, -0.2) is 4.79 Å². The summed E-state index contributed by atoms with van der Waals surface area (Å²) in [6.45, 7) is 5.86. The SMILES string of the molecule is C=CC(=O)O.C=CC(=O)[O-].[CH3][K].[K+]. The van der Waals surface area contributed by atoms with Crippen molar-refractivity contribution in [2.24, 2.45) is 0 Å². The zero-order valence-electron chi connectivity index (χ0n) is 8.24. The van der Waals surface area contributed by atoms with Crippen LogP contribution >= 0.6 is 0 Å². The second-order valence-electron chi connectivity index (χ2n) is 1.07. The molecule has 0 aliphatic heterocycles. The van der Waals surface area contributed by atoms with Gasteiger partial charge in [0, 0.05) is 6.08 Å². The molecule has 0 rings (SSSR count). The molecule has 0 aliphatic carbocycles. The minimum absolute atomic E-state index is 0. The zero-order chi connectivity index (χ0) is 10.6. The number of hydrogen-bond acceptors (Lipinski definition) is 3. The first-order chi connectivity index (χ1) is 5.54. The maximum absolute atomic E-state index is 9.25. The van der Waals surface area contributed by atoms with Crippen molar-refractivity contribution >= 4 is 60.9 Å². The molecular weight excluding hydrogens is 226 g/mol. The van der Waals surface area contributed by atoms with Crippen molar-refractivity contribution in [1.29, 1.82) is 0 Å². The summed E-state index contributed by atoms with van der Waals surface area (Å²) in [4.78, 5) is 18.4. The largest absolute Gasteiger partial charge is 1.00 e. The van der Waals surface area contributed by atoms with E-state index in [1.807, 2.05) is 0 Å². The van der Waals surface area contributed by atoms with Crippen LogP contribution in [0.15, 0.2) is 25.3 Å². The third kappa shape index (κ3) is 57.8. The summed E-state index contributed by atoms with van der Waals surface area (Å²) < 4.78 is 2.19. The van der Waals surface area contributed by atoms with Crippen molar-refractivity contribution in [1.82, 2.24) is 0 Å². The van der Waals surface area contributed by atoms with Gasteiger partial charge in [0.2, 0.25) is 0 Å². The molecule has 0 amide bonds. The molecule has 0 aliphatic rings. The summed E-state index contributed by atoms with van der Waals surface area (Å²) in [5.74, 6) is -2.21. The third-order valence-corrected chi connectivity index (χ3v) is 0.341. The van der Waals surface area contributed by atoms with Gasteiger partial charge >= 0.3 is 107 Å². The van der Waals surface area contributed by atoms with E-state index in [-0.39, 0.29) is 51.4 Å². The predicted molar refractivity (Wildman–Crippen MR) is 44.7 cm³/mol. The van der Waals surface area contributed by atoms with Gasteiger partial charge < -0.3 is 15.0 Å². The van der Waals surface area contributed by atoms with E-state index in [0.29, 0.717) is 0 Å². The maximum atomic E-state index is 9.25. The van der Waals surface area contributed by atoms with Gasteiger partial charge in [0.25, 0.3) is 0 Å². The van der Waals surface area contributed by atoms with E-state index in [4.69, 9.17) is 15.0 Å². The Balaban J connectivity index is -0.0000000491. The number of carboxylic acid groups (broad SMARTS) is 2. The van der Waals surface area contributed by atoms with Gasteiger partial charge in [0.15, 0.2) is 0 Å². The molecule has 1 N–H and O–H groups in total. The molecule has 0 aromatic rings. The number of rotatable bonds is 2. The molecule has 0 heterocycles. The predicted octanol–water partition coefficient (Wildman–Crippen LogP) is -3.61. The van der Waals surface area contributed by atoms with Crippen LogP contribution in [0.3, 0.4) is 0 Å². The molecule has 0 saturated heterocycles. The van der Waals surface area contributed by atoms with E-state index < -0.39 is 11.9 Å². The molecule has 0 bridgehead atoms. The Morgan fingerprint density at radius 1 is 1.31 bits per heavy atom. The first-order valence-electron chi connectivity index (χ1n) is 3.23. The average Bonchev–Trinajstić information content (AvgIpc) is 2.09. The zero-order valence-corrected chi connectivity index (χ0v) is 14.5. The molecule has 6 heteroatoms. The van der Waals surface area contributed by atoms with E-state index >= 15 is 0 Å². The molecule has 0 atom stereocenters. The second kappa shape index (κ2) is 23.5. The van der Waals surface area contributed by atoms with Crippen molar-refractivity contribution in [3.63, 3.8) is 0 Å². The van der Waals surface area contributed by atoms with Crippen LogP contribution in [0.4, 0.5) is 0 Å². The average molecular weight is 236 g/mol. The standard InChI is InChI=1S/2C3H4O2.CH3.2K/c2*1-2-3(4)5;;;/h2*2H,1H2,(H,4,5);1H3;;/q;;;;+1/p-1. The number of carbonyl (C=O) groups is 2. The van der Waals surface area contributed by atoms with Crippen molar-refractivity contribution in [3.8, 4) is 0 Å². The number of hydrogen-bond donors (Lipinski definition) is 1. The smallest absolute Gasteiger partial charge is 1.00 e. The van der Waals surface area contributed by atoms with E-state index in [1.165, 1.54) is 0 Å². The second-order valence-corrected chi connectivity index (χ2v) is 1.07. The van der Waals surface area contributed by atoms with E-state index in [2.05, 4.69) is 14.2 Å². The molecule has 0 spiro atoms. The number of carbonyl (C=O) groups excluding carboxylic acids is 1. The number of carboxylic acids is 2. The Bertz CT molecular complexity index is 139. The molecule has 4 nitrogen and oxygen atoms in total. The summed E-state index contributed by atoms with van der Waals surface area (Å²) in [6.07, 6.45) is 1.56. The van der Waals surface area contributed by atoms with Crippen LogP contribution < -0.4 is 56.5 Å². The van der Waals surface area contributed by atoms with Crippen LogP contribution in [0, 0.1) is 0 Å². The summed E-state index contributed by atoms with van der Waals surface area (Å²) in [6, 6.07) is 0. The fraction of sp³-hybridized carbons (Fsp3) is 0.143. The Kier molecular flexibility index (Phi) is 43.5. The summed E-state index contributed by atoms with van der Waals surface area (Å²) in [7, 11) is 0. The summed E-state index contributed by atoms with van der Waals surface area (Å²) in [5, 5.41) is 16.7. The topological polar surface area (TPSA) is 77.4 Å². The molecule has 0 unspecified atom stereocenters. The van der Waals surface area contributed by atoms with Crippen LogP contribution in [0.5, 0.6) is 0 Å². The van der Waals surface area contributed by atoms with E-state index in [1.54, 1.807) is 0 Å². The fourth-order valence-electron chi connectivity index (χ4n) is 0. The summed E-state index contributed by atoms with van der Waals surface area (Å²) >= 11 is 1.06. The van der Waals surface area contributed by atoms with Crippen molar-refractivity contribution in [2.75, 3.05) is 0 Å². The monoisotopic (exact) mass is 236 g/mol. The first kappa shape index (κ1) is 24.1. The van der Waals surface area contributed by atoms with Gasteiger partial charge in [-0.15, -0.1) is 0 Å². The third-order valence-electron chi connectivity index (χ3n) is 0.341. The first-order valence-corrected chi connectivity index (χ1v) is 6.35. The minimum atomic E-state index is -1.23. The van der Waals surface area contributed by atoms with E-state index in [9.17, 15) is 4.79 Å². The molecule has 0 saturated carbocycles. The fourth-order valence-corrected chi connectivity index (χ4v) is 0. The maximum Gasteiger partial charge on any atom is 1.00 e. The Morgan fingerprint density at radius 3 is 1.46 bits per heavy atom. The van der Waals surface area contributed by atoms with E-state index in [0.717, 1.165) is 61.1 Å². The van der Waals surface area contributed by atoms with Gasteiger partial charge in [-0.1, -0.05) is 13.2 Å². The van der Waals surface area contributed by atoms with Gasteiger partial charge in [0.05, 0.1) is 5.97 Å². The van der Waals surface area contributed by atoms with Crippen molar-refractivity contribution in [2.45, 2.75) is 1.02 Å². The molecule has 64 valence electrons. The molecule has 0 aromatic carbocycles. The number of aliphatic carboxylic acids is 2.